The first-order valence-corrected chi connectivity index (χ1v) is 15.9. The standard InChI is InChI=1S/C33H33ClN6OS/c1-3-40-31-24(16-28(32(40)41)27-11-8-23(17-29(27)34)30-19-35-20(2)42-30)18-36-33(38-31)37-25-9-6-21(7-10-25)22-12-14-39-13-4-5-26(39)15-22/h6-11,16-19,22,26H,3-5,12-15H2,1-2H3,(H,36,37,38). The second-order valence-electron chi connectivity index (χ2n) is 11.3. The smallest absolute Gasteiger partial charge is 0.260 e. The van der Waals surface area contributed by atoms with E-state index < -0.39 is 0 Å². The molecule has 2 fully saturated rings. The van der Waals surface area contributed by atoms with Crippen molar-refractivity contribution in [1.29, 1.82) is 0 Å². The van der Waals surface area contributed by atoms with Crippen molar-refractivity contribution < 1.29 is 0 Å². The normalized spacial score (nSPS) is 18.8. The van der Waals surface area contributed by atoms with Crippen LogP contribution in [-0.2, 0) is 6.54 Å². The lowest BCUT2D eigenvalue weighted by Gasteiger charge is -2.35. The van der Waals surface area contributed by atoms with Gasteiger partial charge in [0.15, 0.2) is 0 Å². The molecule has 3 aromatic heterocycles. The number of nitrogens with zero attached hydrogens (tertiary/aromatic N) is 5. The van der Waals surface area contributed by atoms with E-state index in [1.165, 1.54) is 44.3 Å². The van der Waals surface area contributed by atoms with Crippen molar-refractivity contribution in [1.82, 2.24) is 24.4 Å². The Bertz CT molecular complexity index is 1830. The Morgan fingerprint density at radius 3 is 2.64 bits per heavy atom. The van der Waals surface area contributed by atoms with E-state index in [2.05, 4.69) is 44.5 Å². The van der Waals surface area contributed by atoms with Crippen molar-refractivity contribution in [3.63, 3.8) is 0 Å². The molecule has 5 heterocycles. The van der Waals surface area contributed by atoms with Gasteiger partial charge < -0.3 is 10.2 Å². The lowest BCUT2D eigenvalue weighted by molar-refractivity contribution is 0.181. The first-order valence-electron chi connectivity index (χ1n) is 14.7. The molecule has 0 bridgehead atoms. The Labute approximate surface area is 254 Å². The number of piperidine rings is 1. The van der Waals surface area contributed by atoms with Gasteiger partial charge in [-0.2, -0.15) is 4.98 Å². The van der Waals surface area contributed by atoms with Crippen LogP contribution in [0.15, 0.2) is 65.7 Å². The van der Waals surface area contributed by atoms with Crippen LogP contribution >= 0.6 is 22.9 Å². The number of aryl methyl sites for hydroxylation is 2. The fourth-order valence-corrected chi connectivity index (χ4v) is 7.64. The van der Waals surface area contributed by atoms with E-state index in [0.29, 0.717) is 40.2 Å². The molecule has 2 aliphatic rings. The molecule has 0 spiro atoms. The van der Waals surface area contributed by atoms with E-state index in [9.17, 15) is 4.79 Å². The number of halogens is 1. The molecule has 9 heteroatoms. The number of pyridine rings is 1. The van der Waals surface area contributed by atoms with Gasteiger partial charge in [0.1, 0.15) is 5.65 Å². The van der Waals surface area contributed by atoms with Gasteiger partial charge in [-0.05, 0) is 93.9 Å². The summed E-state index contributed by atoms with van der Waals surface area (Å²) >= 11 is 8.35. The molecule has 0 aliphatic carbocycles. The molecule has 2 aliphatic heterocycles. The highest BCUT2D eigenvalue weighted by Crippen LogP contribution is 2.37. The van der Waals surface area contributed by atoms with E-state index in [1.807, 2.05) is 44.3 Å². The number of thiazole rings is 1. The average molecular weight is 597 g/mol. The number of anilines is 2. The van der Waals surface area contributed by atoms with Gasteiger partial charge >= 0.3 is 0 Å². The molecule has 42 heavy (non-hydrogen) atoms. The van der Waals surface area contributed by atoms with E-state index in [4.69, 9.17) is 16.6 Å². The molecule has 0 saturated carbocycles. The first kappa shape index (κ1) is 27.3. The van der Waals surface area contributed by atoms with Gasteiger partial charge in [-0.3, -0.25) is 9.36 Å². The van der Waals surface area contributed by atoms with Gasteiger partial charge in [0.25, 0.3) is 5.56 Å². The summed E-state index contributed by atoms with van der Waals surface area (Å²) in [4.78, 5) is 31.1. The molecule has 214 valence electrons. The maximum atomic E-state index is 13.7. The summed E-state index contributed by atoms with van der Waals surface area (Å²) in [7, 11) is 0. The predicted molar refractivity (Wildman–Crippen MR) is 172 cm³/mol. The Balaban J connectivity index is 1.14. The van der Waals surface area contributed by atoms with Crippen LogP contribution in [0.1, 0.15) is 49.1 Å². The Morgan fingerprint density at radius 2 is 1.88 bits per heavy atom. The maximum Gasteiger partial charge on any atom is 0.260 e. The monoisotopic (exact) mass is 596 g/mol. The van der Waals surface area contributed by atoms with Crippen molar-refractivity contribution in [2.75, 3.05) is 18.4 Å². The fourth-order valence-electron chi connectivity index (χ4n) is 6.58. The highest BCUT2D eigenvalue weighted by Gasteiger charge is 2.32. The van der Waals surface area contributed by atoms with E-state index >= 15 is 0 Å². The SMILES string of the molecule is CCn1c(=O)c(-c2ccc(-c3cnc(C)s3)cc2Cl)cc2cnc(Nc3ccc(C4CCN5CCCC5C4)cc3)nc21. The van der Waals surface area contributed by atoms with Gasteiger partial charge in [0.2, 0.25) is 5.95 Å². The summed E-state index contributed by atoms with van der Waals surface area (Å²) in [6.07, 6.45) is 8.79. The zero-order valence-electron chi connectivity index (χ0n) is 23.8. The number of aromatic nitrogens is 4. The van der Waals surface area contributed by atoms with Crippen LogP contribution in [0.5, 0.6) is 0 Å². The zero-order valence-corrected chi connectivity index (χ0v) is 25.4. The van der Waals surface area contributed by atoms with Crippen molar-refractivity contribution >= 4 is 45.6 Å². The lowest BCUT2D eigenvalue weighted by Crippen LogP contribution is -2.37. The number of fused-ring (bicyclic) bond motifs is 2. The second-order valence-corrected chi connectivity index (χ2v) is 13.0. The third kappa shape index (κ3) is 5.12. The first-order chi connectivity index (χ1) is 20.5. The minimum atomic E-state index is -0.129. The maximum absolute atomic E-state index is 13.7. The Hall–Kier alpha value is -3.59. The van der Waals surface area contributed by atoms with Gasteiger partial charge in [-0.15, -0.1) is 11.3 Å². The third-order valence-electron chi connectivity index (χ3n) is 8.77. The fraction of sp³-hybridized carbons (Fsp3) is 0.333. The average Bonchev–Trinajstić information content (AvgIpc) is 3.66. The minimum Gasteiger partial charge on any atom is -0.324 e. The molecule has 2 unspecified atom stereocenters. The van der Waals surface area contributed by atoms with Crippen LogP contribution < -0.4 is 10.9 Å². The van der Waals surface area contributed by atoms with Crippen LogP contribution in [-0.4, -0.2) is 43.6 Å². The van der Waals surface area contributed by atoms with Crippen LogP contribution in [0, 0.1) is 6.92 Å². The summed E-state index contributed by atoms with van der Waals surface area (Å²) in [6.45, 7) is 6.89. The molecule has 2 saturated heterocycles. The molecule has 2 atom stereocenters. The molecule has 5 aromatic rings. The largest absolute Gasteiger partial charge is 0.324 e. The van der Waals surface area contributed by atoms with Crippen molar-refractivity contribution in [3.8, 4) is 21.6 Å². The quantitative estimate of drug-likeness (QED) is 0.217. The van der Waals surface area contributed by atoms with Gasteiger partial charge in [-0.25, -0.2) is 9.97 Å². The second kappa shape index (κ2) is 11.2. The molecule has 0 radical (unpaired) electrons. The van der Waals surface area contributed by atoms with Crippen molar-refractivity contribution in [3.05, 3.63) is 86.9 Å². The molecule has 7 rings (SSSR count). The number of hydrogen-bond acceptors (Lipinski definition) is 7. The molecular weight excluding hydrogens is 564 g/mol. The zero-order chi connectivity index (χ0) is 28.8. The van der Waals surface area contributed by atoms with Crippen LogP contribution in [0.2, 0.25) is 5.02 Å². The van der Waals surface area contributed by atoms with E-state index in [1.54, 1.807) is 22.1 Å². The minimum absolute atomic E-state index is 0.129. The molecule has 0 amide bonds. The molecular formula is C33H33ClN6OS. The van der Waals surface area contributed by atoms with Crippen LogP contribution in [0.25, 0.3) is 32.6 Å². The number of benzene rings is 2. The molecule has 7 nitrogen and oxygen atoms in total. The summed E-state index contributed by atoms with van der Waals surface area (Å²) in [6, 6.07) is 17.1. The van der Waals surface area contributed by atoms with E-state index in [0.717, 1.165) is 32.6 Å². The Morgan fingerprint density at radius 1 is 1.02 bits per heavy atom. The number of rotatable bonds is 6. The Kier molecular flexibility index (Phi) is 7.30. The summed E-state index contributed by atoms with van der Waals surface area (Å²) in [5.41, 5.74) is 5.01. The topological polar surface area (TPSA) is 75.9 Å². The van der Waals surface area contributed by atoms with Gasteiger partial charge in [0.05, 0.1) is 9.88 Å². The summed E-state index contributed by atoms with van der Waals surface area (Å²) < 4.78 is 1.69. The summed E-state index contributed by atoms with van der Waals surface area (Å²) in [5, 5.41) is 5.64. The number of hydrogen-bond donors (Lipinski definition) is 1. The van der Waals surface area contributed by atoms with Gasteiger partial charge in [-0.1, -0.05) is 35.9 Å². The third-order valence-corrected chi connectivity index (χ3v) is 10.0. The predicted octanol–water partition coefficient (Wildman–Crippen LogP) is 7.65. The highest BCUT2D eigenvalue weighted by molar-refractivity contribution is 7.15. The van der Waals surface area contributed by atoms with Gasteiger partial charge in [0, 0.05) is 52.2 Å². The summed E-state index contributed by atoms with van der Waals surface area (Å²) in [5.74, 6) is 1.09. The van der Waals surface area contributed by atoms with Crippen LogP contribution in [0.3, 0.4) is 0 Å². The van der Waals surface area contributed by atoms with Crippen LogP contribution in [0.4, 0.5) is 11.6 Å². The van der Waals surface area contributed by atoms with Crippen molar-refractivity contribution in [2.45, 2.75) is 58.0 Å². The molecule has 2 aromatic carbocycles. The molecule has 1 N–H and O–H groups in total. The van der Waals surface area contributed by atoms with E-state index in [-0.39, 0.29) is 5.56 Å². The lowest BCUT2D eigenvalue weighted by atomic mass is 9.85. The van der Waals surface area contributed by atoms with Crippen molar-refractivity contribution in [2.24, 2.45) is 0 Å². The number of nitrogens with one attached hydrogen (secondary N) is 1. The highest BCUT2D eigenvalue weighted by atomic mass is 35.5.